The maximum Gasteiger partial charge on any atom is 0.259 e. The molecule has 7 heteroatoms. The van der Waals surface area contributed by atoms with Gasteiger partial charge in [0.1, 0.15) is 12.4 Å². The van der Waals surface area contributed by atoms with Crippen molar-refractivity contribution in [2.24, 2.45) is 5.73 Å². The number of hydrogen-bond acceptors (Lipinski definition) is 4. The maximum atomic E-state index is 12.1. The normalized spacial score (nSPS) is 13.4. The summed E-state index contributed by atoms with van der Waals surface area (Å²) in [4.78, 5) is 12.1. The lowest BCUT2D eigenvalue weighted by atomic mass is 9.85. The van der Waals surface area contributed by atoms with Crippen molar-refractivity contribution in [2.75, 3.05) is 13.2 Å². The monoisotopic (exact) mass is 355 g/mol. The fraction of sp³-hybridized carbons (Fsp3) is 0.188. The number of carbonyl (C=O) groups excluding carboxylic acids is 1. The Morgan fingerprint density at radius 2 is 1.87 bits per heavy atom. The zero-order valence-electron chi connectivity index (χ0n) is 12.0. The summed E-state index contributed by atoms with van der Waals surface area (Å²) in [5.74, 6) is -0.941. The number of hydrogen-bond donors (Lipinski definition) is 3. The standard InChI is InChI=1S/C16H15Cl2NO4/c17-11-8-12(18)14(13(9-11)23-7-6-20)16(22,15(19)21)10-4-2-1-3-5-10/h1-5,8-9,20,22H,6-7H2,(H2,19,21). The molecule has 0 aliphatic heterocycles. The largest absolute Gasteiger partial charge is 0.491 e. The van der Waals surface area contributed by atoms with E-state index in [9.17, 15) is 9.90 Å². The third-order valence-corrected chi connectivity index (χ3v) is 3.79. The highest BCUT2D eigenvalue weighted by Crippen LogP contribution is 2.42. The number of nitrogens with two attached hydrogens (primary N) is 1. The number of amides is 1. The summed E-state index contributed by atoms with van der Waals surface area (Å²) >= 11 is 12.1. The quantitative estimate of drug-likeness (QED) is 0.739. The van der Waals surface area contributed by atoms with Crippen LogP contribution in [0.2, 0.25) is 10.0 Å². The lowest BCUT2D eigenvalue weighted by molar-refractivity contribution is -0.133. The third-order valence-electron chi connectivity index (χ3n) is 3.28. The van der Waals surface area contributed by atoms with Crippen LogP contribution in [0.1, 0.15) is 11.1 Å². The van der Waals surface area contributed by atoms with Gasteiger partial charge >= 0.3 is 0 Å². The van der Waals surface area contributed by atoms with Crippen molar-refractivity contribution in [1.82, 2.24) is 0 Å². The van der Waals surface area contributed by atoms with Crippen LogP contribution < -0.4 is 10.5 Å². The summed E-state index contributed by atoms with van der Waals surface area (Å²) < 4.78 is 5.38. The highest BCUT2D eigenvalue weighted by atomic mass is 35.5. The molecule has 0 bridgehead atoms. The summed E-state index contributed by atoms with van der Waals surface area (Å²) in [5.41, 5.74) is 3.48. The van der Waals surface area contributed by atoms with Crippen molar-refractivity contribution in [3.05, 3.63) is 63.6 Å². The molecule has 0 heterocycles. The van der Waals surface area contributed by atoms with E-state index in [0.717, 1.165) is 0 Å². The number of halogens is 2. The second kappa shape index (κ2) is 7.19. The van der Waals surface area contributed by atoms with Gasteiger partial charge in [-0.1, -0.05) is 53.5 Å². The first-order chi connectivity index (χ1) is 10.9. The number of primary amides is 1. The fourth-order valence-corrected chi connectivity index (χ4v) is 2.87. The molecule has 0 fully saturated rings. The van der Waals surface area contributed by atoms with E-state index in [1.165, 1.54) is 12.1 Å². The van der Waals surface area contributed by atoms with Crippen LogP contribution in [0, 0.1) is 0 Å². The number of carbonyl (C=O) groups is 1. The Labute approximate surface area is 143 Å². The molecule has 1 atom stereocenters. The van der Waals surface area contributed by atoms with E-state index in [1.54, 1.807) is 30.3 Å². The van der Waals surface area contributed by atoms with Crippen LogP contribution in [0.5, 0.6) is 5.75 Å². The van der Waals surface area contributed by atoms with E-state index in [-0.39, 0.29) is 40.1 Å². The summed E-state index contributed by atoms with van der Waals surface area (Å²) in [6.07, 6.45) is 0. The molecule has 0 saturated heterocycles. The fourth-order valence-electron chi connectivity index (χ4n) is 2.26. The average Bonchev–Trinajstić information content (AvgIpc) is 2.52. The van der Waals surface area contributed by atoms with Crippen LogP contribution in [0.15, 0.2) is 42.5 Å². The number of ether oxygens (including phenoxy) is 1. The minimum Gasteiger partial charge on any atom is -0.491 e. The molecular weight excluding hydrogens is 341 g/mol. The van der Waals surface area contributed by atoms with Crippen LogP contribution in [0.25, 0.3) is 0 Å². The van der Waals surface area contributed by atoms with Gasteiger partial charge in [0.15, 0.2) is 5.60 Å². The predicted octanol–water partition coefficient (Wildman–Crippen LogP) is 2.09. The molecule has 5 nitrogen and oxygen atoms in total. The van der Waals surface area contributed by atoms with E-state index in [4.69, 9.17) is 38.8 Å². The Hall–Kier alpha value is -1.79. The van der Waals surface area contributed by atoms with Crippen molar-refractivity contribution in [3.8, 4) is 5.75 Å². The van der Waals surface area contributed by atoms with Gasteiger partial charge in [0.2, 0.25) is 0 Å². The third kappa shape index (κ3) is 3.43. The summed E-state index contributed by atoms with van der Waals surface area (Å²) in [7, 11) is 0. The number of rotatable bonds is 6. The smallest absolute Gasteiger partial charge is 0.259 e. The average molecular weight is 356 g/mol. The van der Waals surface area contributed by atoms with Gasteiger partial charge in [0.25, 0.3) is 5.91 Å². The first kappa shape index (κ1) is 17.6. The van der Waals surface area contributed by atoms with E-state index in [1.807, 2.05) is 0 Å². The Balaban J connectivity index is 2.71. The first-order valence-electron chi connectivity index (χ1n) is 6.72. The Morgan fingerprint density at radius 3 is 2.43 bits per heavy atom. The molecule has 2 aromatic carbocycles. The molecule has 0 spiro atoms. The molecule has 2 aromatic rings. The second-order valence-corrected chi connectivity index (χ2v) is 5.62. The van der Waals surface area contributed by atoms with Gasteiger partial charge in [-0.15, -0.1) is 0 Å². The molecule has 2 rings (SSSR count). The van der Waals surface area contributed by atoms with E-state index >= 15 is 0 Å². The van der Waals surface area contributed by atoms with Crippen molar-refractivity contribution in [2.45, 2.75) is 5.60 Å². The molecular formula is C16H15Cl2NO4. The van der Waals surface area contributed by atoms with Gasteiger partial charge in [-0.25, -0.2) is 0 Å². The van der Waals surface area contributed by atoms with Crippen LogP contribution in [-0.2, 0) is 10.4 Å². The number of aliphatic hydroxyl groups is 2. The van der Waals surface area contributed by atoms with Crippen molar-refractivity contribution >= 4 is 29.1 Å². The molecule has 0 aromatic heterocycles. The van der Waals surface area contributed by atoms with Crippen molar-refractivity contribution < 1.29 is 19.7 Å². The van der Waals surface area contributed by atoms with Crippen LogP contribution in [-0.4, -0.2) is 29.3 Å². The Bertz CT molecular complexity index is 709. The minimum atomic E-state index is -2.20. The molecule has 0 aliphatic carbocycles. The molecule has 0 aliphatic rings. The van der Waals surface area contributed by atoms with Gasteiger partial charge in [-0.2, -0.15) is 0 Å². The van der Waals surface area contributed by atoms with Gasteiger partial charge < -0.3 is 20.7 Å². The van der Waals surface area contributed by atoms with Crippen molar-refractivity contribution in [3.63, 3.8) is 0 Å². The second-order valence-electron chi connectivity index (χ2n) is 4.77. The summed E-state index contributed by atoms with van der Waals surface area (Å²) in [6.45, 7) is -0.322. The van der Waals surface area contributed by atoms with Crippen LogP contribution in [0.4, 0.5) is 0 Å². The van der Waals surface area contributed by atoms with Gasteiger partial charge in [0, 0.05) is 5.02 Å². The maximum absolute atomic E-state index is 12.1. The molecule has 1 unspecified atom stereocenters. The highest BCUT2D eigenvalue weighted by molar-refractivity contribution is 6.35. The van der Waals surface area contributed by atoms with Gasteiger partial charge in [-0.3, -0.25) is 4.79 Å². The summed E-state index contributed by atoms with van der Waals surface area (Å²) in [5, 5.41) is 20.3. The lowest BCUT2D eigenvalue weighted by Crippen LogP contribution is -2.42. The molecule has 23 heavy (non-hydrogen) atoms. The van der Waals surface area contributed by atoms with Gasteiger partial charge in [-0.05, 0) is 17.7 Å². The molecule has 0 radical (unpaired) electrons. The predicted molar refractivity (Wildman–Crippen MR) is 87.7 cm³/mol. The zero-order chi connectivity index (χ0) is 17.0. The molecule has 122 valence electrons. The van der Waals surface area contributed by atoms with Crippen LogP contribution >= 0.6 is 23.2 Å². The van der Waals surface area contributed by atoms with Crippen molar-refractivity contribution in [1.29, 1.82) is 0 Å². The topological polar surface area (TPSA) is 92.8 Å². The SMILES string of the molecule is NC(=O)C(O)(c1ccccc1)c1c(Cl)cc(Cl)cc1OCCO. The minimum absolute atomic E-state index is 0.0179. The lowest BCUT2D eigenvalue weighted by Gasteiger charge is -2.28. The zero-order valence-corrected chi connectivity index (χ0v) is 13.5. The van der Waals surface area contributed by atoms with Gasteiger partial charge in [0.05, 0.1) is 17.2 Å². The highest BCUT2D eigenvalue weighted by Gasteiger charge is 2.42. The molecule has 1 amide bonds. The number of aliphatic hydroxyl groups excluding tert-OH is 1. The Kier molecular flexibility index (Phi) is 5.49. The first-order valence-corrected chi connectivity index (χ1v) is 7.47. The van der Waals surface area contributed by atoms with E-state index < -0.39 is 11.5 Å². The Morgan fingerprint density at radius 1 is 1.22 bits per heavy atom. The summed E-state index contributed by atoms with van der Waals surface area (Å²) in [6, 6.07) is 10.9. The number of benzene rings is 2. The van der Waals surface area contributed by atoms with E-state index in [2.05, 4.69) is 0 Å². The van der Waals surface area contributed by atoms with E-state index in [0.29, 0.717) is 0 Å². The molecule has 0 saturated carbocycles. The molecule has 4 N–H and O–H groups in total. The van der Waals surface area contributed by atoms with Crippen LogP contribution in [0.3, 0.4) is 0 Å².